The number of benzene rings is 1. The normalized spacial score (nSPS) is 15.4. The van der Waals surface area contributed by atoms with Gasteiger partial charge in [0.25, 0.3) is 0 Å². The molecular weight excluding hydrogens is 288 g/mol. The van der Waals surface area contributed by atoms with Gasteiger partial charge in [-0.05, 0) is 37.0 Å². The maximum atomic E-state index is 12.1. The van der Waals surface area contributed by atoms with E-state index in [1.54, 1.807) is 4.90 Å². The summed E-state index contributed by atoms with van der Waals surface area (Å²) in [7, 11) is 0. The molecule has 4 nitrogen and oxygen atoms in total. The van der Waals surface area contributed by atoms with Crippen LogP contribution >= 0.6 is 0 Å². The van der Waals surface area contributed by atoms with E-state index in [0.717, 1.165) is 37.2 Å². The number of ether oxygens (including phenoxy) is 1. The van der Waals surface area contributed by atoms with Crippen LogP contribution in [0.25, 0.3) is 0 Å². The number of likely N-dealkylation sites (tertiary alicyclic amines) is 1. The molecular formula is C19H22N2O2. The Balaban J connectivity index is 1.48. The van der Waals surface area contributed by atoms with Crippen molar-refractivity contribution in [3.05, 3.63) is 65.5 Å². The Bertz CT molecular complexity index is 632. The number of carbonyl (C=O) groups is 1. The van der Waals surface area contributed by atoms with E-state index in [0.29, 0.717) is 12.5 Å². The number of hydrogen-bond donors (Lipinski definition) is 0. The van der Waals surface area contributed by atoms with Gasteiger partial charge in [0.2, 0.25) is 0 Å². The van der Waals surface area contributed by atoms with Gasteiger partial charge in [0.1, 0.15) is 6.61 Å². The Labute approximate surface area is 137 Å². The number of hydrogen-bond acceptors (Lipinski definition) is 3. The minimum Gasteiger partial charge on any atom is -0.445 e. The van der Waals surface area contributed by atoms with Gasteiger partial charge in [-0.25, -0.2) is 4.79 Å². The minimum atomic E-state index is -0.218. The van der Waals surface area contributed by atoms with Crippen LogP contribution in [0.5, 0.6) is 0 Å². The molecule has 2 heterocycles. The van der Waals surface area contributed by atoms with Gasteiger partial charge in [-0.1, -0.05) is 36.4 Å². The smallest absolute Gasteiger partial charge is 0.410 e. The molecule has 1 aromatic carbocycles. The molecule has 1 amide bonds. The van der Waals surface area contributed by atoms with Gasteiger partial charge in [0, 0.05) is 30.9 Å². The van der Waals surface area contributed by atoms with Gasteiger partial charge < -0.3 is 9.64 Å². The molecule has 3 rings (SSSR count). The second-order valence-corrected chi connectivity index (χ2v) is 6.06. The summed E-state index contributed by atoms with van der Waals surface area (Å²) in [6.45, 7) is 3.84. The highest BCUT2D eigenvalue weighted by molar-refractivity contribution is 5.67. The molecule has 23 heavy (non-hydrogen) atoms. The first-order valence-corrected chi connectivity index (χ1v) is 8.10. The first-order chi connectivity index (χ1) is 11.2. The van der Waals surface area contributed by atoms with Gasteiger partial charge >= 0.3 is 6.09 Å². The molecule has 120 valence electrons. The summed E-state index contributed by atoms with van der Waals surface area (Å²) in [5, 5.41) is 0. The molecule has 0 atom stereocenters. The Kier molecular flexibility index (Phi) is 4.91. The number of rotatable bonds is 3. The molecule has 1 aliphatic heterocycles. The lowest BCUT2D eigenvalue weighted by Crippen LogP contribution is -2.38. The molecule has 0 N–H and O–H groups in total. The third-order valence-electron chi connectivity index (χ3n) is 4.31. The quantitative estimate of drug-likeness (QED) is 0.863. The third-order valence-corrected chi connectivity index (χ3v) is 4.31. The van der Waals surface area contributed by atoms with Gasteiger partial charge in [-0.2, -0.15) is 0 Å². The van der Waals surface area contributed by atoms with E-state index in [1.165, 1.54) is 5.56 Å². The van der Waals surface area contributed by atoms with Crippen molar-refractivity contribution in [2.45, 2.75) is 32.3 Å². The monoisotopic (exact) mass is 310 g/mol. The zero-order valence-corrected chi connectivity index (χ0v) is 13.4. The molecule has 1 aromatic heterocycles. The topological polar surface area (TPSA) is 42.4 Å². The molecule has 0 unspecified atom stereocenters. The molecule has 0 bridgehead atoms. The van der Waals surface area contributed by atoms with Crippen molar-refractivity contribution >= 4 is 6.09 Å². The molecule has 0 aliphatic carbocycles. The molecule has 0 saturated carbocycles. The van der Waals surface area contributed by atoms with Crippen molar-refractivity contribution in [1.29, 1.82) is 0 Å². The Morgan fingerprint density at radius 2 is 1.91 bits per heavy atom. The zero-order chi connectivity index (χ0) is 16.1. The van der Waals surface area contributed by atoms with Gasteiger partial charge in [0.05, 0.1) is 0 Å². The van der Waals surface area contributed by atoms with Gasteiger partial charge in [-0.3, -0.25) is 4.98 Å². The molecule has 0 radical (unpaired) electrons. The first-order valence-electron chi connectivity index (χ1n) is 8.10. The summed E-state index contributed by atoms with van der Waals surface area (Å²) >= 11 is 0. The van der Waals surface area contributed by atoms with Crippen molar-refractivity contribution in [1.82, 2.24) is 9.88 Å². The number of nitrogens with zero attached hydrogens (tertiary/aromatic N) is 2. The van der Waals surface area contributed by atoms with E-state index in [2.05, 4.69) is 17.1 Å². The van der Waals surface area contributed by atoms with Crippen molar-refractivity contribution in [2.75, 3.05) is 13.1 Å². The predicted molar refractivity (Wildman–Crippen MR) is 89.1 cm³/mol. The molecule has 1 fully saturated rings. The second kappa shape index (κ2) is 7.27. The summed E-state index contributed by atoms with van der Waals surface area (Å²) in [6, 6.07) is 14.0. The van der Waals surface area contributed by atoms with Crippen molar-refractivity contribution in [2.24, 2.45) is 0 Å². The fraction of sp³-hybridized carbons (Fsp3) is 0.368. The fourth-order valence-corrected chi connectivity index (χ4v) is 2.89. The van der Waals surface area contributed by atoms with E-state index in [1.807, 2.05) is 43.5 Å². The van der Waals surface area contributed by atoms with Crippen LogP contribution < -0.4 is 0 Å². The Hall–Kier alpha value is -2.36. The van der Waals surface area contributed by atoms with Crippen LogP contribution in [0.4, 0.5) is 4.79 Å². The average Bonchev–Trinajstić information content (AvgIpc) is 2.61. The van der Waals surface area contributed by atoms with Crippen molar-refractivity contribution in [3.63, 3.8) is 0 Å². The lowest BCUT2D eigenvalue weighted by atomic mass is 9.93. The number of pyridine rings is 1. The van der Waals surface area contributed by atoms with E-state index in [-0.39, 0.29) is 6.09 Å². The lowest BCUT2D eigenvalue weighted by molar-refractivity contribution is 0.0868. The summed E-state index contributed by atoms with van der Waals surface area (Å²) in [4.78, 5) is 18.5. The molecule has 4 heteroatoms. The molecule has 1 aliphatic rings. The number of aromatic nitrogens is 1. The van der Waals surface area contributed by atoms with Crippen LogP contribution in [0.1, 0.15) is 35.6 Å². The fourth-order valence-electron chi connectivity index (χ4n) is 2.89. The minimum absolute atomic E-state index is 0.218. The summed E-state index contributed by atoms with van der Waals surface area (Å²) in [5.74, 6) is 0.439. The van der Waals surface area contributed by atoms with Crippen molar-refractivity contribution in [3.8, 4) is 0 Å². The number of carbonyl (C=O) groups excluding carboxylic acids is 1. The third kappa shape index (κ3) is 4.09. The molecule has 2 aromatic rings. The van der Waals surface area contributed by atoms with Crippen LogP contribution in [-0.4, -0.2) is 29.1 Å². The van der Waals surface area contributed by atoms with Crippen LogP contribution in [0, 0.1) is 6.92 Å². The first kappa shape index (κ1) is 15.5. The van der Waals surface area contributed by atoms with Gasteiger partial charge in [-0.15, -0.1) is 0 Å². The number of aryl methyl sites for hydroxylation is 1. The summed E-state index contributed by atoms with van der Waals surface area (Å²) in [6.07, 6.45) is 3.58. The van der Waals surface area contributed by atoms with E-state index >= 15 is 0 Å². The van der Waals surface area contributed by atoms with Crippen LogP contribution in [0.3, 0.4) is 0 Å². The Morgan fingerprint density at radius 3 is 2.57 bits per heavy atom. The lowest BCUT2D eigenvalue weighted by Gasteiger charge is -2.31. The average molecular weight is 310 g/mol. The highest BCUT2D eigenvalue weighted by atomic mass is 16.6. The van der Waals surface area contributed by atoms with Crippen LogP contribution in [-0.2, 0) is 11.3 Å². The zero-order valence-electron chi connectivity index (χ0n) is 13.4. The van der Waals surface area contributed by atoms with Crippen LogP contribution in [0.2, 0.25) is 0 Å². The standard InChI is InChI=1S/C19H22N2O2/c1-15-7-8-18(20-13-15)17-9-11-21(12-10-17)19(22)23-14-16-5-3-2-4-6-16/h2-8,13,17H,9-12,14H2,1H3. The number of piperidine rings is 1. The largest absolute Gasteiger partial charge is 0.445 e. The SMILES string of the molecule is Cc1ccc(C2CCN(C(=O)OCc3ccccc3)CC2)nc1. The highest BCUT2D eigenvalue weighted by Crippen LogP contribution is 2.27. The predicted octanol–water partition coefficient (Wildman–Crippen LogP) is 3.91. The number of amides is 1. The maximum absolute atomic E-state index is 12.1. The molecule has 0 spiro atoms. The van der Waals surface area contributed by atoms with E-state index in [9.17, 15) is 4.79 Å². The van der Waals surface area contributed by atoms with Gasteiger partial charge in [0.15, 0.2) is 0 Å². The van der Waals surface area contributed by atoms with E-state index in [4.69, 9.17) is 4.74 Å². The molecule has 1 saturated heterocycles. The van der Waals surface area contributed by atoms with Crippen LogP contribution in [0.15, 0.2) is 48.7 Å². The highest BCUT2D eigenvalue weighted by Gasteiger charge is 2.25. The maximum Gasteiger partial charge on any atom is 0.410 e. The van der Waals surface area contributed by atoms with E-state index < -0.39 is 0 Å². The summed E-state index contributed by atoms with van der Waals surface area (Å²) < 4.78 is 5.40. The summed E-state index contributed by atoms with van der Waals surface area (Å²) in [5.41, 5.74) is 3.32. The Morgan fingerprint density at radius 1 is 1.17 bits per heavy atom. The van der Waals surface area contributed by atoms with Crippen molar-refractivity contribution < 1.29 is 9.53 Å². The second-order valence-electron chi connectivity index (χ2n) is 6.06.